The summed E-state index contributed by atoms with van der Waals surface area (Å²) >= 11 is 6.97. The Hall–Kier alpha value is -2.71. The first kappa shape index (κ1) is 17.1. The predicted octanol–water partition coefficient (Wildman–Crippen LogP) is 3.40. The van der Waals surface area contributed by atoms with Gasteiger partial charge in [-0.05, 0) is 23.6 Å². The number of thiophene rings is 1. The number of rotatable bonds is 2. The van der Waals surface area contributed by atoms with Gasteiger partial charge >= 0.3 is 12.0 Å². The molecule has 1 aromatic heterocycles. The van der Waals surface area contributed by atoms with Crippen molar-refractivity contribution in [1.29, 1.82) is 0 Å². The molecule has 0 spiro atoms. The maximum absolute atomic E-state index is 14.0. The Balaban J connectivity index is 2.35. The van der Waals surface area contributed by atoms with Crippen molar-refractivity contribution in [1.82, 2.24) is 0 Å². The van der Waals surface area contributed by atoms with Crippen LogP contribution in [0.5, 0.6) is 0 Å². The van der Waals surface area contributed by atoms with E-state index in [1.54, 1.807) is 17.5 Å². The minimum atomic E-state index is -1.06. The highest BCUT2D eigenvalue weighted by atomic mass is 35.5. The molecule has 0 saturated heterocycles. The molecule has 1 aliphatic rings. The van der Waals surface area contributed by atoms with E-state index in [4.69, 9.17) is 22.1 Å². The number of urea groups is 1. The Morgan fingerprint density at radius 2 is 2.08 bits per heavy atom. The minimum absolute atomic E-state index is 0.0279. The number of primary amides is 1. The van der Waals surface area contributed by atoms with Crippen LogP contribution in [0.3, 0.4) is 0 Å². The summed E-state index contributed by atoms with van der Waals surface area (Å²) in [6.45, 7) is 1.17. The lowest BCUT2D eigenvalue weighted by Gasteiger charge is -2.12. The number of nitrogens with zero attached hydrogens (tertiary/aromatic N) is 1. The fourth-order valence-corrected chi connectivity index (χ4v) is 3.34. The molecule has 9 heteroatoms. The molecular formula is C16H10ClFN2O4S. The van der Waals surface area contributed by atoms with Crippen LogP contribution < -0.4 is 10.6 Å². The molecule has 2 aromatic rings. The van der Waals surface area contributed by atoms with Crippen LogP contribution in [0.4, 0.5) is 14.9 Å². The largest absolute Gasteiger partial charge is 0.424 e. The van der Waals surface area contributed by atoms with Gasteiger partial charge in [0, 0.05) is 12.5 Å². The van der Waals surface area contributed by atoms with Crippen LogP contribution in [-0.4, -0.2) is 17.9 Å². The summed E-state index contributed by atoms with van der Waals surface area (Å²) < 4.78 is 19.2. The number of nitrogens with two attached hydrogens (primary N) is 1. The van der Waals surface area contributed by atoms with Crippen molar-refractivity contribution in [3.05, 3.63) is 50.9 Å². The zero-order chi connectivity index (χ0) is 18.3. The van der Waals surface area contributed by atoms with Gasteiger partial charge in [0.1, 0.15) is 5.82 Å². The van der Waals surface area contributed by atoms with Gasteiger partial charge in [0.05, 0.1) is 21.2 Å². The summed E-state index contributed by atoms with van der Waals surface area (Å²) in [5.41, 5.74) is 5.23. The van der Waals surface area contributed by atoms with E-state index in [-0.39, 0.29) is 27.6 Å². The van der Waals surface area contributed by atoms with Gasteiger partial charge in [0.2, 0.25) is 0 Å². The molecule has 6 nitrogen and oxygen atoms in total. The van der Waals surface area contributed by atoms with E-state index in [2.05, 4.69) is 0 Å². The van der Waals surface area contributed by atoms with Gasteiger partial charge < -0.3 is 10.5 Å². The number of benzene rings is 1. The molecule has 0 atom stereocenters. The maximum Gasteiger partial charge on any atom is 0.326 e. The monoisotopic (exact) mass is 380 g/mol. The van der Waals surface area contributed by atoms with Crippen LogP contribution in [0.1, 0.15) is 17.4 Å². The summed E-state index contributed by atoms with van der Waals surface area (Å²) in [4.78, 5) is 37.1. The summed E-state index contributed by atoms with van der Waals surface area (Å²) in [5, 5.41) is 1.44. The first-order valence-electron chi connectivity index (χ1n) is 6.91. The highest BCUT2D eigenvalue weighted by Gasteiger charge is 2.40. The lowest BCUT2D eigenvalue weighted by Crippen LogP contribution is -2.38. The summed E-state index contributed by atoms with van der Waals surface area (Å²) in [5.74, 6) is -2.35. The smallest absolute Gasteiger partial charge is 0.326 e. The maximum atomic E-state index is 14.0. The molecule has 128 valence electrons. The quantitative estimate of drug-likeness (QED) is 0.491. The van der Waals surface area contributed by atoms with Crippen molar-refractivity contribution in [3.8, 4) is 0 Å². The molecule has 3 amide bonds. The van der Waals surface area contributed by atoms with Crippen molar-refractivity contribution >= 4 is 57.9 Å². The van der Waals surface area contributed by atoms with Crippen LogP contribution in [0, 0.1) is 5.82 Å². The highest BCUT2D eigenvalue weighted by molar-refractivity contribution is 7.11. The number of esters is 1. The van der Waals surface area contributed by atoms with Crippen LogP contribution in [0.2, 0.25) is 5.02 Å². The fraction of sp³-hybridized carbons (Fsp3) is 0.0625. The third-order valence-corrected chi connectivity index (χ3v) is 4.56. The first-order valence-corrected chi connectivity index (χ1v) is 8.17. The average molecular weight is 381 g/mol. The SMILES string of the molecule is CC(=O)O/C(=C1\C(=O)N(C(N)=O)c2cc(Cl)c(F)cc21)c1cccs1. The van der Waals surface area contributed by atoms with Gasteiger partial charge in [-0.3, -0.25) is 9.59 Å². The third-order valence-electron chi connectivity index (χ3n) is 3.40. The summed E-state index contributed by atoms with van der Waals surface area (Å²) in [6, 6.07) is 4.39. The van der Waals surface area contributed by atoms with E-state index in [1.165, 1.54) is 18.3 Å². The molecule has 0 fully saturated rings. The van der Waals surface area contributed by atoms with Crippen LogP contribution in [0.25, 0.3) is 11.3 Å². The van der Waals surface area contributed by atoms with E-state index in [0.717, 1.165) is 12.1 Å². The number of anilines is 1. The standard InChI is InChI=1S/C16H10ClFN2O4S/c1-7(21)24-14(12-3-2-4-25-12)13-8-5-10(18)9(17)6-11(8)20(15(13)22)16(19)23/h2-6H,1H3,(H2,19,23)/b14-13-. The zero-order valence-electron chi connectivity index (χ0n) is 12.7. The van der Waals surface area contributed by atoms with Crippen LogP contribution >= 0.6 is 22.9 Å². The van der Waals surface area contributed by atoms with E-state index < -0.39 is 23.7 Å². The van der Waals surface area contributed by atoms with E-state index >= 15 is 0 Å². The van der Waals surface area contributed by atoms with Crippen molar-refractivity contribution in [2.24, 2.45) is 5.73 Å². The van der Waals surface area contributed by atoms with Crippen LogP contribution in [-0.2, 0) is 14.3 Å². The molecule has 0 bridgehead atoms. The second-order valence-electron chi connectivity index (χ2n) is 5.04. The van der Waals surface area contributed by atoms with Crippen molar-refractivity contribution in [2.75, 3.05) is 4.90 Å². The molecule has 0 unspecified atom stereocenters. The Bertz CT molecular complexity index is 940. The molecule has 0 saturated carbocycles. The number of fused-ring (bicyclic) bond motifs is 1. The molecule has 1 aliphatic heterocycles. The Morgan fingerprint density at radius 1 is 1.36 bits per heavy atom. The Kier molecular flexibility index (Phi) is 4.32. The van der Waals surface area contributed by atoms with Gasteiger partial charge in [0.25, 0.3) is 5.91 Å². The minimum Gasteiger partial charge on any atom is -0.424 e. The Labute approximate surface area is 150 Å². The number of carbonyl (C=O) groups excluding carboxylic acids is 3. The number of halogens is 2. The number of ether oxygens (including phenoxy) is 1. The van der Waals surface area contributed by atoms with E-state index in [1.807, 2.05) is 0 Å². The van der Waals surface area contributed by atoms with Gasteiger partial charge in [-0.15, -0.1) is 11.3 Å². The molecule has 2 heterocycles. The number of imide groups is 1. The number of amides is 3. The van der Waals surface area contributed by atoms with Crippen LogP contribution in [0.15, 0.2) is 29.6 Å². The van der Waals surface area contributed by atoms with Crippen molar-refractivity contribution in [3.63, 3.8) is 0 Å². The van der Waals surface area contributed by atoms with Gasteiger partial charge in [-0.25, -0.2) is 14.1 Å². The number of hydrogen-bond donors (Lipinski definition) is 1. The second kappa shape index (κ2) is 6.30. The van der Waals surface area contributed by atoms with E-state index in [9.17, 15) is 18.8 Å². The third kappa shape index (κ3) is 2.90. The highest BCUT2D eigenvalue weighted by Crippen LogP contribution is 2.43. The van der Waals surface area contributed by atoms with Crippen molar-refractivity contribution < 1.29 is 23.5 Å². The second-order valence-corrected chi connectivity index (χ2v) is 6.39. The average Bonchev–Trinajstić information content (AvgIpc) is 3.12. The molecule has 3 rings (SSSR count). The normalized spacial score (nSPS) is 15.2. The fourth-order valence-electron chi connectivity index (χ4n) is 2.47. The van der Waals surface area contributed by atoms with Gasteiger partial charge in [0.15, 0.2) is 5.76 Å². The number of hydrogen-bond acceptors (Lipinski definition) is 5. The first-order chi connectivity index (χ1) is 11.8. The molecule has 0 radical (unpaired) electrons. The van der Waals surface area contributed by atoms with E-state index in [0.29, 0.717) is 9.78 Å². The number of carbonyl (C=O) groups is 3. The lowest BCUT2D eigenvalue weighted by atomic mass is 10.0. The van der Waals surface area contributed by atoms with Crippen molar-refractivity contribution in [2.45, 2.75) is 6.92 Å². The van der Waals surface area contributed by atoms with Gasteiger partial charge in [-0.1, -0.05) is 17.7 Å². The molecular weight excluding hydrogens is 371 g/mol. The zero-order valence-corrected chi connectivity index (χ0v) is 14.3. The Morgan fingerprint density at radius 3 is 2.64 bits per heavy atom. The molecule has 1 aromatic carbocycles. The summed E-state index contributed by atoms with van der Waals surface area (Å²) in [7, 11) is 0. The molecule has 25 heavy (non-hydrogen) atoms. The molecule has 2 N–H and O–H groups in total. The predicted molar refractivity (Wildman–Crippen MR) is 91.4 cm³/mol. The lowest BCUT2D eigenvalue weighted by molar-refractivity contribution is -0.134. The topological polar surface area (TPSA) is 89.7 Å². The van der Waals surface area contributed by atoms with Gasteiger partial charge in [-0.2, -0.15) is 0 Å². The molecule has 0 aliphatic carbocycles. The summed E-state index contributed by atoms with van der Waals surface area (Å²) in [6.07, 6.45) is 0.